The van der Waals surface area contributed by atoms with Gasteiger partial charge in [-0.3, -0.25) is 4.79 Å². The lowest BCUT2D eigenvalue weighted by atomic mass is 9.49. The van der Waals surface area contributed by atoms with Crippen LogP contribution in [0.5, 0.6) is 0 Å². The van der Waals surface area contributed by atoms with Crippen LogP contribution in [0.15, 0.2) is 36.0 Å². The first-order valence-corrected chi connectivity index (χ1v) is 13.7. The van der Waals surface area contributed by atoms with E-state index in [1.165, 1.54) is 12.0 Å². The van der Waals surface area contributed by atoms with Gasteiger partial charge in [0.25, 0.3) is 0 Å². The molecule has 0 radical (unpaired) electrons. The fourth-order valence-electron chi connectivity index (χ4n) is 8.66. The Hall–Kier alpha value is -1.23. The Bertz CT molecular complexity index is 951. The summed E-state index contributed by atoms with van der Waals surface area (Å²) in [6.07, 6.45) is 13.4. The fraction of sp³-hybridized carbons (Fsp3) is 0.767. The SMILES string of the molecule is C=C1C=C[C@@]2(C)C(=C1)CC[C@@H]1[C@@H]2[C@@H](O)CC2[C@H]1C[C@H]1O[C@@H](C3CCC3)O[C@@]21C(=O)CC(C)(C)C. The van der Waals surface area contributed by atoms with Crippen LogP contribution in [0.4, 0.5) is 0 Å². The molecule has 1 unspecified atom stereocenters. The normalized spacial score (nSPS) is 47.9. The van der Waals surface area contributed by atoms with E-state index in [-0.39, 0.29) is 40.8 Å². The van der Waals surface area contributed by atoms with Gasteiger partial charge in [-0.05, 0) is 61.3 Å². The molecule has 0 aromatic heterocycles. The summed E-state index contributed by atoms with van der Waals surface area (Å²) < 4.78 is 13.4. The summed E-state index contributed by atoms with van der Waals surface area (Å²) in [4.78, 5) is 14.1. The number of hydrogen-bond donors (Lipinski definition) is 1. The molecule has 9 atom stereocenters. The van der Waals surface area contributed by atoms with Crippen molar-refractivity contribution in [2.45, 2.75) is 103 Å². The summed E-state index contributed by atoms with van der Waals surface area (Å²) in [5.41, 5.74) is 1.35. The van der Waals surface area contributed by atoms with Crippen molar-refractivity contribution >= 4 is 5.78 Å². The molecule has 1 N–H and O–H groups in total. The number of hydrogen-bond acceptors (Lipinski definition) is 4. The summed E-state index contributed by atoms with van der Waals surface area (Å²) in [5.74, 6) is 1.60. The van der Waals surface area contributed by atoms with Crippen LogP contribution in [-0.4, -0.2) is 35.0 Å². The van der Waals surface area contributed by atoms with Crippen molar-refractivity contribution in [1.82, 2.24) is 0 Å². The second-order valence-electron chi connectivity index (χ2n) is 13.7. The molecule has 0 aromatic rings. The van der Waals surface area contributed by atoms with Crippen molar-refractivity contribution in [2.75, 3.05) is 0 Å². The molecule has 4 nitrogen and oxygen atoms in total. The summed E-state index contributed by atoms with van der Waals surface area (Å²) in [5, 5.41) is 11.7. The molecule has 34 heavy (non-hydrogen) atoms. The van der Waals surface area contributed by atoms with Crippen LogP contribution in [-0.2, 0) is 14.3 Å². The highest BCUT2D eigenvalue weighted by molar-refractivity contribution is 5.90. The van der Waals surface area contributed by atoms with E-state index in [1.807, 2.05) is 0 Å². The third kappa shape index (κ3) is 3.24. The van der Waals surface area contributed by atoms with Crippen LogP contribution in [0, 0.1) is 40.4 Å². The van der Waals surface area contributed by atoms with E-state index in [1.54, 1.807) is 0 Å². The van der Waals surface area contributed by atoms with Gasteiger partial charge in [-0.1, -0.05) is 64.5 Å². The van der Waals surface area contributed by atoms with E-state index < -0.39 is 11.7 Å². The molecule has 4 heteroatoms. The smallest absolute Gasteiger partial charge is 0.168 e. The maximum absolute atomic E-state index is 14.1. The maximum atomic E-state index is 14.1. The lowest BCUT2D eigenvalue weighted by molar-refractivity contribution is -0.188. The van der Waals surface area contributed by atoms with Gasteiger partial charge in [-0.2, -0.15) is 0 Å². The van der Waals surface area contributed by atoms with Gasteiger partial charge in [0.2, 0.25) is 0 Å². The number of ether oxygens (including phenoxy) is 2. The van der Waals surface area contributed by atoms with Gasteiger partial charge in [-0.25, -0.2) is 0 Å². The highest BCUT2D eigenvalue weighted by atomic mass is 16.7. The molecule has 5 fully saturated rings. The number of aliphatic hydroxyl groups excluding tert-OH is 1. The molecule has 0 amide bonds. The number of carbonyl (C=O) groups excluding carboxylic acids is 1. The van der Waals surface area contributed by atoms with Crippen molar-refractivity contribution in [3.05, 3.63) is 36.0 Å². The van der Waals surface area contributed by atoms with E-state index in [0.29, 0.717) is 30.6 Å². The molecule has 1 aliphatic heterocycles. The number of Topliss-reactive ketones (excluding diaryl/α,β-unsaturated/α-hetero) is 1. The number of ketones is 1. The van der Waals surface area contributed by atoms with Crippen LogP contribution in [0.1, 0.15) is 79.1 Å². The Morgan fingerprint density at radius 2 is 1.97 bits per heavy atom. The maximum Gasteiger partial charge on any atom is 0.168 e. The molecule has 0 bridgehead atoms. The first-order valence-electron chi connectivity index (χ1n) is 13.7. The van der Waals surface area contributed by atoms with E-state index in [0.717, 1.165) is 37.7 Å². The van der Waals surface area contributed by atoms with Crippen LogP contribution in [0.3, 0.4) is 0 Å². The molecule has 186 valence electrons. The standard InChI is InChI=1S/C30H42O4/c1-17-11-12-29(5)19(13-17)9-10-20-21-14-25-30(24(32)16-28(2,3)4,22(21)15-23(31)26(20)29)34-27(33-25)18-7-6-8-18/h11-13,18,20-23,25-27,31H,1,6-10,14-16H2,2-5H3/t20-,21-,22?,23-,25+,26+,27+,29-,30+/m0/s1. The van der Waals surface area contributed by atoms with Gasteiger partial charge in [0.15, 0.2) is 17.7 Å². The van der Waals surface area contributed by atoms with Crippen LogP contribution in [0.2, 0.25) is 0 Å². The number of carbonyl (C=O) groups is 1. The molecular formula is C30H42O4. The zero-order valence-electron chi connectivity index (χ0n) is 21.4. The average molecular weight is 467 g/mol. The number of rotatable bonds is 3. The Morgan fingerprint density at radius 1 is 1.21 bits per heavy atom. The lowest BCUT2D eigenvalue weighted by Crippen LogP contribution is -2.58. The zero-order valence-corrected chi connectivity index (χ0v) is 21.4. The Balaban J connectivity index is 1.35. The predicted octanol–water partition coefficient (Wildman–Crippen LogP) is 5.76. The van der Waals surface area contributed by atoms with E-state index >= 15 is 0 Å². The summed E-state index contributed by atoms with van der Waals surface area (Å²) >= 11 is 0. The topological polar surface area (TPSA) is 55.8 Å². The minimum atomic E-state index is -0.877. The molecule has 5 aliphatic carbocycles. The Labute approximate surface area is 204 Å². The molecule has 1 heterocycles. The van der Waals surface area contributed by atoms with Crippen molar-refractivity contribution in [2.24, 2.45) is 40.4 Å². The second kappa shape index (κ2) is 7.63. The largest absolute Gasteiger partial charge is 0.393 e. The molecule has 4 saturated carbocycles. The summed E-state index contributed by atoms with van der Waals surface area (Å²) in [7, 11) is 0. The quantitative estimate of drug-likeness (QED) is 0.575. The fourth-order valence-corrected chi connectivity index (χ4v) is 8.66. The summed E-state index contributed by atoms with van der Waals surface area (Å²) in [6.45, 7) is 12.8. The molecule has 6 aliphatic rings. The van der Waals surface area contributed by atoms with Crippen molar-refractivity contribution < 1.29 is 19.4 Å². The third-order valence-electron chi connectivity index (χ3n) is 10.4. The molecule has 1 saturated heterocycles. The zero-order chi connectivity index (χ0) is 24.0. The first-order chi connectivity index (χ1) is 16.0. The van der Waals surface area contributed by atoms with Crippen LogP contribution >= 0.6 is 0 Å². The lowest BCUT2D eigenvalue weighted by Gasteiger charge is -2.56. The van der Waals surface area contributed by atoms with Crippen molar-refractivity contribution in [1.29, 1.82) is 0 Å². The Kier molecular flexibility index (Phi) is 5.21. The van der Waals surface area contributed by atoms with Gasteiger partial charge >= 0.3 is 0 Å². The minimum Gasteiger partial charge on any atom is -0.393 e. The predicted molar refractivity (Wildman–Crippen MR) is 132 cm³/mol. The van der Waals surface area contributed by atoms with E-state index in [9.17, 15) is 9.90 Å². The van der Waals surface area contributed by atoms with Crippen molar-refractivity contribution in [3.8, 4) is 0 Å². The van der Waals surface area contributed by atoms with Gasteiger partial charge in [-0.15, -0.1) is 0 Å². The first kappa shape index (κ1) is 23.2. The number of allylic oxidation sites excluding steroid dienone is 5. The number of aliphatic hydroxyl groups is 1. The minimum absolute atomic E-state index is 0.0466. The highest BCUT2D eigenvalue weighted by Crippen LogP contribution is 2.65. The summed E-state index contributed by atoms with van der Waals surface area (Å²) in [6, 6.07) is 0. The molecular weight excluding hydrogens is 424 g/mol. The van der Waals surface area contributed by atoms with Gasteiger partial charge in [0, 0.05) is 29.6 Å². The molecule has 6 rings (SSSR count). The monoisotopic (exact) mass is 466 g/mol. The van der Waals surface area contributed by atoms with Gasteiger partial charge < -0.3 is 14.6 Å². The van der Waals surface area contributed by atoms with Crippen molar-refractivity contribution in [3.63, 3.8) is 0 Å². The van der Waals surface area contributed by atoms with Crippen LogP contribution in [0.25, 0.3) is 0 Å². The number of fused-ring (bicyclic) bond motifs is 7. The molecule has 0 spiro atoms. The van der Waals surface area contributed by atoms with E-state index in [2.05, 4.69) is 52.5 Å². The average Bonchev–Trinajstić information content (AvgIpc) is 3.20. The van der Waals surface area contributed by atoms with E-state index in [4.69, 9.17) is 9.47 Å². The Morgan fingerprint density at radius 3 is 2.65 bits per heavy atom. The van der Waals surface area contributed by atoms with Crippen LogP contribution < -0.4 is 0 Å². The second-order valence-corrected chi connectivity index (χ2v) is 13.7. The molecule has 0 aromatic carbocycles. The van der Waals surface area contributed by atoms with Gasteiger partial charge in [0.1, 0.15) is 0 Å². The van der Waals surface area contributed by atoms with Gasteiger partial charge in [0.05, 0.1) is 12.2 Å². The highest BCUT2D eigenvalue weighted by Gasteiger charge is 2.71. The third-order valence-corrected chi connectivity index (χ3v) is 10.4.